The average Bonchev–Trinajstić information content (AvgIpc) is 2.56. The third-order valence-corrected chi connectivity index (χ3v) is 4.78. The Morgan fingerprint density at radius 1 is 1.19 bits per heavy atom. The Bertz CT molecular complexity index is 442. The van der Waals surface area contributed by atoms with Crippen LogP contribution < -0.4 is 0 Å². The highest BCUT2D eigenvalue weighted by molar-refractivity contribution is 5.82. The van der Waals surface area contributed by atoms with Crippen LogP contribution in [0.2, 0.25) is 0 Å². The molecule has 120 valence electrons. The van der Waals surface area contributed by atoms with Gasteiger partial charge in [0.1, 0.15) is 5.60 Å². The number of allylic oxidation sites excluding steroid dienone is 1. The Hall–Kier alpha value is -1.32. The summed E-state index contributed by atoms with van der Waals surface area (Å²) in [6.45, 7) is 11.7. The molecule has 0 aromatic rings. The molecule has 0 N–H and O–H groups in total. The van der Waals surface area contributed by atoms with Crippen LogP contribution in [0.3, 0.4) is 0 Å². The summed E-state index contributed by atoms with van der Waals surface area (Å²) >= 11 is 0. The minimum atomic E-state index is -0.498. The second kappa shape index (κ2) is 5.82. The van der Waals surface area contributed by atoms with Gasteiger partial charge in [-0.3, -0.25) is 4.79 Å². The number of methoxy groups -OCH3 is 1. The second-order valence-corrected chi connectivity index (χ2v) is 7.62. The van der Waals surface area contributed by atoms with Gasteiger partial charge in [-0.15, -0.1) is 0 Å². The number of esters is 2. The number of rotatable bonds is 3. The predicted octanol–water partition coefficient (Wildman–Crippen LogP) is 3.50. The SMILES string of the molecule is COC(=O)[C@H]1CC[C@@](C)(C=CC(=O)OC(C)(C)C)C1(C)C. The first kappa shape index (κ1) is 17.7. The highest BCUT2D eigenvalue weighted by atomic mass is 16.6. The zero-order valence-corrected chi connectivity index (χ0v) is 14.3. The molecule has 21 heavy (non-hydrogen) atoms. The van der Waals surface area contributed by atoms with Crippen molar-refractivity contribution in [2.45, 2.75) is 60.0 Å². The molecule has 0 aliphatic heterocycles. The van der Waals surface area contributed by atoms with Crippen LogP contribution in [0.15, 0.2) is 12.2 Å². The predicted molar refractivity (Wildman–Crippen MR) is 81.6 cm³/mol. The van der Waals surface area contributed by atoms with E-state index in [4.69, 9.17) is 9.47 Å². The van der Waals surface area contributed by atoms with Gasteiger partial charge in [-0.1, -0.05) is 26.8 Å². The van der Waals surface area contributed by atoms with E-state index in [2.05, 4.69) is 20.8 Å². The molecule has 1 aliphatic carbocycles. The molecule has 4 nitrogen and oxygen atoms in total. The van der Waals surface area contributed by atoms with Crippen molar-refractivity contribution in [3.63, 3.8) is 0 Å². The van der Waals surface area contributed by atoms with Crippen LogP contribution in [0.25, 0.3) is 0 Å². The Labute approximate surface area is 127 Å². The van der Waals surface area contributed by atoms with Gasteiger partial charge in [0, 0.05) is 6.08 Å². The average molecular weight is 296 g/mol. The molecule has 0 aromatic heterocycles. The third kappa shape index (κ3) is 3.86. The van der Waals surface area contributed by atoms with E-state index in [1.807, 2.05) is 26.8 Å². The molecule has 1 fully saturated rings. The summed E-state index contributed by atoms with van der Waals surface area (Å²) in [5.74, 6) is -0.661. The smallest absolute Gasteiger partial charge is 0.330 e. The van der Waals surface area contributed by atoms with Gasteiger partial charge in [0.25, 0.3) is 0 Å². The highest BCUT2D eigenvalue weighted by Gasteiger charge is 2.53. The van der Waals surface area contributed by atoms with E-state index in [0.717, 1.165) is 12.8 Å². The molecule has 0 saturated heterocycles. The molecule has 0 bridgehead atoms. The lowest BCUT2D eigenvalue weighted by molar-refractivity contribution is -0.149. The van der Waals surface area contributed by atoms with E-state index in [0.29, 0.717) is 0 Å². The minimum absolute atomic E-state index is 0.143. The van der Waals surface area contributed by atoms with Crippen LogP contribution in [0.1, 0.15) is 54.4 Å². The standard InChI is InChI=1S/C17H28O4/c1-15(2,3)21-13(18)9-11-17(6)10-8-12(14(19)20-7)16(17,4)5/h9,11-12H,8,10H2,1-7H3/t12-,17+/m1/s1. The summed E-state index contributed by atoms with van der Waals surface area (Å²) in [5, 5.41) is 0. The van der Waals surface area contributed by atoms with Gasteiger partial charge in [0.2, 0.25) is 0 Å². The molecular formula is C17H28O4. The maximum absolute atomic E-state index is 11.9. The quantitative estimate of drug-likeness (QED) is 0.591. The number of carbonyl (C=O) groups excluding carboxylic acids is 2. The number of hydrogen-bond acceptors (Lipinski definition) is 4. The summed E-state index contributed by atoms with van der Waals surface area (Å²) in [6.07, 6.45) is 5.00. The molecule has 0 amide bonds. The van der Waals surface area contributed by atoms with Crippen molar-refractivity contribution in [1.29, 1.82) is 0 Å². The Morgan fingerprint density at radius 3 is 2.24 bits per heavy atom. The number of ether oxygens (including phenoxy) is 2. The summed E-state index contributed by atoms with van der Waals surface area (Å²) in [6, 6.07) is 0. The topological polar surface area (TPSA) is 52.6 Å². The first-order chi connectivity index (χ1) is 9.43. The van der Waals surface area contributed by atoms with Gasteiger partial charge >= 0.3 is 11.9 Å². The van der Waals surface area contributed by atoms with E-state index in [-0.39, 0.29) is 28.7 Å². The zero-order chi connectivity index (χ0) is 16.5. The van der Waals surface area contributed by atoms with Gasteiger partial charge in [-0.2, -0.15) is 0 Å². The minimum Gasteiger partial charge on any atom is -0.469 e. The van der Waals surface area contributed by atoms with E-state index >= 15 is 0 Å². The summed E-state index contributed by atoms with van der Waals surface area (Å²) in [7, 11) is 1.42. The maximum Gasteiger partial charge on any atom is 0.330 e. The molecule has 4 heteroatoms. The van der Waals surface area contributed by atoms with Crippen molar-refractivity contribution >= 4 is 11.9 Å². The van der Waals surface area contributed by atoms with Crippen molar-refractivity contribution in [1.82, 2.24) is 0 Å². The molecule has 0 heterocycles. The molecule has 1 saturated carbocycles. The molecule has 2 atom stereocenters. The first-order valence-electron chi connectivity index (χ1n) is 7.43. The first-order valence-corrected chi connectivity index (χ1v) is 7.43. The van der Waals surface area contributed by atoms with Crippen LogP contribution in [0, 0.1) is 16.7 Å². The van der Waals surface area contributed by atoms with Crippen molar-refractivity contribution in [2.24, 2.45) is 16.7 Å². The lowest BCUT2D eigenvalue weighted by Gasteiger charge is -2.38. The Balaban J connectivity index is 2.87. The van der Waals surface area contributed by atoms with E-state index < -0.39 is 5.60 Å². The molecular weight excluding hydrogens is 268 g/mol. The van der Waals surface area contributed by atoms with Crippen LogP contribution in [0.4, 0.5) is 0 Å². The zero-order valence-electron chi connectivity index (χ0n) is 14.3. The largest absolute Gasteiger partial charge is 0.469 e. The van der Waals surface area contributed by atoms with E-state index in [1.165, 1.54) is 13.2 Å². The van der Waals surface area contributed by atoms with Gasteiger partial charge < -0.3 is 9.47 Å². The normalized spacial score (nSPS) is 28.6. The molecule has 0 unspecified atom stereocenters. The van der Waals surface area contributed by atoms with E-state index in [1.54, 1.807) is 0 Å². The van der Waals surface area contributed by atoms with Crippen LogP contribution in [-0.2, 0) is 19.1 Å². The van der Waals surface area contributed by atoms with Crippen LogP contribution in [-0.4, -0.2) is 24.6 Å². The summed E-state index contributed by atoms with van der Waals surface area (Å²) in [4.78, 5) is 23.7. The number of carbonyl (C=O) groups is 2. The van der Waals surface area contributed by atoms with E-state index in [9.17, 15) is 9.59 Å². The van der Waals surface area contributed by atoms with Gasteiger partial charge in [-0.25, -0.2) is 4.79 Å². The third-order valence-electron chi connectivity index (χ3n) is 4.78. The van der Waals surface area contributed by atoms with Gasteiger partial charge in [0.15, 0.2) is 0 Å². The second-order valence-electron chi connectivity index (χ2n) is 7.62. The summed E-state index contributed by atoms with van der Waals surface area (Å²) < 4.78 is 10.2. The molecule has 0 radical (unpaired) electrons. The van der Waals surface area contributed by atoms with Crippen molar-refractivity contribution in [2.75, 3.05) is 7.11 Å². The van der Waals surface area contributed by atoms with Gasteiger partial charge in [0.05, 0.1) is 13.0 Å². The fraction of sp³-hybridized carbons (Fsp3) is 0.765. The van der Waals surface area contributed by atoms with Crippen molar-refractivity contribution in [3.8, 4) is 0 Å². The molecule has 0 aromatic carbocycles. The Morgan fingerprint density at radius 2 is 1.76 bits per heavy atom. The summed E-state index contributed by atoms with van der Waals surface area (Å²) in [5.41, 5.74) is -0.997. The lowest BCUT2D eigenvalue weighted by Crippen LogP contribution is -2.37. The molecule has 1 aliphatic rings. The lowest BCUT2D eigenvalue weighted by atomic mass is 9.65. The monoisotopic (exact) mass is 296 g/mol. The maximum atomic E-state index is 11.9. The molecule has 0 spiro atoms. The highest BCUT2D eigenvalue weighted by Crippen LogP contribution is 2.57. The van der Waals surface area contributed by atoms with Crippen LogP contribution >= 0.6 is 0 Å². The molecule has 1 rings (SSSR count). The van der Waals surface area contributed by atoms with Crippen molar-refractivity contribution < 1.29 is 19.1 Å². The fourth-order valence-electron chi connectivity index (χ4n) is 2.97. The van der Waals surface area contributed by atoms with Crippen molar-refractivity contribution in [3.05, 3.63) is 12.2 Å². The number of hydrogen-bond donors (Lipinski definition) is 0. The van der Waals surface area contributed by atoms with Gasteiger partial charge in [-0.05, 0) is 44.4 Å². The Kier molecular flexibility index (Phi) is 4.91. The van der Waals surface area contributed by atoms with Crippen LogP contribution in [0.5, 0.6) is 0 Å². The fourth-order valence-corrected chi connectivity index (χ4v) is 2.97.